The molecule has 74 valence electrons. The van der Waals surface area contributed by atoms with Crippen molar-refractivity contribution in [3.8, 4) is 0 Å². The molecule has 0 bridgehead atoms. The molecule has 1 spiro atoms. The summed E-state index contributed by atoms with van der Waals surface area (Å²) in [6.07, 6.45) is 10.2. The van der Waals surface area contributed by atoms with Gasteiger partial charge in [-0.15, -0.1) is 0 Å². The van der Waals surface area contributed by atoms with E-state index in [1.807, 2.05) is 0 Å². The fraction of sp³-hybridized carbons (Fsp3) is 1.00. The molecule has 1 nitrogen and oxygen atoms in total. The highest BCUT2D eigenvalue weighted by atomic mass is 16.3. The Morgan fingerprint density at radius 1 is 1.15 bits per heavy atom. The number of hydrogen-bond donors (Lipinski definition) is 1. The quantitative estimate of drug-likeness (QED) is 0.707. The highest BCUT2D eigenvalue weighted by molar-refractivity contribution is 5.02. The summed E-state index contributed by atoms with van der Waals surface area (Å²) in [6, 6.07) is 0. The van der Waals surface area contributed by atoms with E-state index in [0.29, 0.717) is 12.5 Å². The van der Waals surface area contributed by atoms with E-state index >= 15 is 0 Å². The maximum absolute atomic E-state index is 9.33. The van der Waals surface area contributed by atoms with Crippen molar-refractivity contribution in [2.24, 2.45) is 23.2 Å². The largest absolute Gasteiger partial charge is 0.396 e. The molecule has 0 heterocycles. The third kappa shape index (κ3) is 1.24. The second-order valence-corrected chi connectivity index (χ2v) is 5.71. The van der Waals surface area contributed by atoms with Crippen molar-refractivity contribution in [3.63, 3.8) is 0 Å². The molecule has 0 amide bonds. The third-order valence-electron chi connectivity index (χ3n) is 4.85. The molecule has 13 heavy (non-hydrogen) atoms. The Labute approximate surface area is 80.5 Å². The predicted molar refractivity (Wildman–Crippen MR) is 52.3 cm³/mol. The van der Waals surface area contributed by atoms with Gasteiger partial charge < -0.3 is 5.11 Å². The smallest absolute Gasteiger partial charge is 0.0464 e. The zero-order valence-electron chi connectivity index (χ0n) is 8.34. The van der Waals surface area contributed by atoms with Gasteiger partial charge in [-0.2, -0.15) is 0 Å². The molecule has 0 aromatic rings. The van der Waals surface area contributed by atoms with Gasteiger partial charge in [0.25, 0.3) is 0 Å². The van der Waals surface area contributed by atoms with Gasteiger partial charge in [-0.05, 0) is 61.7 Å². The molecule has 3 rings (SSSR count). The molecular weight excluding hydrogens is 160 g/mol. The van der Waals surface area contributed by atoms with E-state index in [-0.39, 0.29) is 0 Å². The molecule has 0 aromatic heterocycles. The standard InChI is InChI=1S/C12H20O/c13-8-11(9-2-3-9)10-6-12(7-10)4-1-5-12/h9-11,13H,1-8H2/t11-/m0/s1. The van der Waals surface area contributed by atoms with E-state index < -0.39 is 0 Å². The summed E-state index contributed by atoms with van der Waals surface area (Å²) in [7, 11) is 0. The average molecular weight is 180 g/mol. The summed E-state index contributed by atoms with van der Waals surface area (Å²) in [6.45, 7) is 0.464. The lowest BCUT2D eigenvalue weighted by Crippen LogP contribution is -2.46. The van der Waals surface area contributed by atoms with Gasteiger partial charge in [-0.1, -0.05) is 6.42 Å². The summed E-state index contributed by atoms with van der Waals surface area (Å²) in [5.74, 6) is 2.50. The molecule has 0 aliphatic heterocycles. The second kappa shape index (κ2) is 2.73. The minimum absolute atomic E-state index is 0.464. The Kier molecular flexibility index (Phi) is 1.74. The van der Waals surface area contributed by atoms with Crippen molar-refractivity contribution >= 4 is 0 Å². The van der Waals surface area contributed by atoms with Crippen LogP contribution in [-0.4, -0.2) is 11.7 Å². The fourth-order valence-electron chi connectivity index (χ4n) is 3.65. The lowest BCUT2D eigenvalue weighted by Gasteiger charge is -2.56. The van der Waals surface area contributed by atoms with Crippen molar-refractivity contribution in [1.29, 1.82) is 0 Å². The van der Waals surface area contributed by atoms with Crippen LogP contribution >= 0.6 is 0 Å². The number of aliphatic hydroxyl groups excluding tert-OH is 1. The van der Waals surface area contributed by atoms with Gasteiger partial charge in [0.1, 0.15) is 0 Å². The first-order chi connectivity index (χ1) is 6.33. The zero-order chi connectivity index (χ0) is 8.89. The third-order valence-corrected chi connectivity index (χ3v) is 4.85. The molecule has 0 unspecified atom stereocenters. The number of rotatable bonds is 3. The number of aliphatic hydroxyl groups is 1. The van der Waals surface area contributed by atoms with Crippen molar-refractivity contribution in [3.05, 3.63) is 0 Å². The summed E-state index contributed by atoms with van der Waals surface area (Å²) < 4.78 is 0. The van der Waals surface area contributed by atoms with E-state index in [0.717, 1.165) is 17.3 Å². The Hall–Kier alpha value is -0.0400. The molecule has 3 saturated carbocycles. The molecule has 0 radical (unpaired) electrons. The van der Waals surface area contributed by atoms with E-state index in [1.54, 1.807) is 0 Å². The van der Waals surface area contributed by atoms with Crippen LogP contribution in [0.5, 0.6) is 0 Å². The van der Waals surface area contributed by atoms with Gasteiger partial charge in [-0.3, -0.25) is 0 Å². The monoisotopic (exact) mass is 180 g/mol. The number of hydrogen-bond acceptors (Lipinski definition) is 1. The van der Waals surface area contributed by atoms with Crippen LogP contribution in [0.3, 0.4) is 0 Å². The lowest BCUT2D eigenvalue weighted by atomic mass is 9.49. The van der Waals surface area contributed by atoms with Crippen LogP contribution in [0.1, 0.15) is 44.9 Å². The predicted octanol–water partition coefficient (Wildman–Crippen LogP) is 2.59. The maximum atomic E-state index is 9.33. The molecule has 3 aliphatic rings. The molecular formula is C12H20O. The highest BCUT2D eigenvalue weighted by Crippen LogP contribution is 2.62. The molecule has 3 aliphatic carbocycles. The van der Waals surface area contributed by atoms with Gasteiger partial charge in [0, 0.05) is 6.61 Å². The molecule has 0 aromatic carbocycles. The molecule has 0 saturated heterocycles. The Morgan fingerprint density at radius 2 is 1.85 bits per heavy atom. The Morgan fingerprint density at radius 3 is 2.23 bits per heavy atom. The summed E-state index contributed by atoms with van der Waals surface area (Å²) in [5, 5.41) is 9.33. The highest BCUT2D eigenvalue weighted by Gasteiger charge is 2.52. The summed E-state index contributed by atoms with van der Waals surface area (Å²) in [5.41, 5.74) is 0.799. The Bertz CT molecular complexity index is 195. The summed E-state index contributed by atoms with van der Waals surface area (Å²) >= 11 is 0. The first-order valence-electron chi connectivity index (χ1n) is 5.94. The van der Waals surface area contributed by atoms with Crippen molar-refractivity contribution in [2.75, 3.05) is 6.61 Å². The fourth-order valence-corrected chi connectivity index (χ4v) is 3.65. The minimum Gasteiger partial charge on any atom is -0.396 e. The topological polar surface area (TPSA) is 20.2 Å². The van der Waals surface area contributed by atoms with Crippen LogP contribution in [0.4, 0.5) is 0 Å². The van der Waals surface area contributed by atoms with Crippen LogP contribution in [0, 0.1) is 23.2 Å². The van der Waals surface area contributed by atoms with Crippen molar-refractivity contribution in [2.45, 2.75) is 44.9 Å². The van der Waals surface area contributed by atoms with Gasteiger partial charge in [0.15, 0.2) is 0 Å². The first kappa shape index (κ1) is 8.28. The van der Waals surface area contributed by atoms with Gasteiger partial charge >= 0.3 is 0 Å². The van der Waals surface area contributed by atoms with Crippen LogP contribution < -0.4 is 0 Å². The van der Waals surface area contributed by atoms with E-state index in [9.17, 15) is 5.11 Å². The van der Waals surface area contributed by atoms with Crippen molar-refractivity contribution < 1.29 is 5.11 Å². The zero-order valence-corrected chi connectivity index (χ0v) is 8.34. The molecule has 1 N–H and O–H groups in total. The molecule has 1 heteroatoms. The SMILES string of the molecule is OC[C@@H](C1CC1)C1CC2(CCC2)C1. The van der Waals surface area contributed by atoms with Crippen LogP contribution in [0.15, 0.2) is 0 Å². The average Bonchev–Trinajstić information content (AvgIpc) is 2.73. The summed E-state index contributed by atoms with van der Waals surface area (Å²) in [4.78, 5) is 0. The minimum atomic E-state index is 0.464. The van der Waals surface area contributed by atoms with E-state index in [1.165, 1.54) is 44.9 Å². The van der Waals surface area contributed by atoms with Crippen LogP contribution in [-0.2, 0) is 0 Å². The maximum Gasteiger partial charge on any atom is 0.0464 e. The van der Waals surface area contributed by atoms with Crippen LogP contribution in [0.25, 0.3) is 0 Å². The molecule has 1 atom stereocenters. The van der Waals surface area contributed by atoms with Gasteiger partial charge in [0.05, 0.1) is 0 Å². The molecule has 3 fully saturated rings. The normalized spacial score (nSPS) is 33.9. The Balaban J connectivity index is 1.55. The van der Waals surface area contributed by atoms with E-state index in [2.05, 4.69) is 0 Å². The second-order valence-electron chi connectivity index (χ2n) is 5.71. The first-order valence-corrected chi connectivity index (χ1v) is 5.94. The van der Waals surface area contributed by atoms with Gasteiger partial charge in [-0.25, -0.2) is 0 Å². The van der Waals surface area contributed by atoms with Crippen molar-refractivity contribution in [1.82, 2.24) is 0 Å². The lowest BCUT2D eigenvalue weighted by molar-refractivity contribution is -0.0646. The van der Waals surface area contributed by atoms with Gasteiger partial charge in [0.2, 0.25) is 0 Å². The van der Waals surface area contributed by atoms with E-state index in [4.69, 9.17) is 0 Å². The van der Waals surface area contributed by atoms with Crippen LogP contribution in [0.2, 0.25) is 0 Å².